The fourth-order valence-corrected chi connectivity index (χ4v) is 4.18. The van der Waals surface area contributed by atoms with Crippen LogP contribution in [-0.4, -0.2) is 48.4 Å². The Morgan fingerprint density at radius 2 is 1.75 bits per heavy atom. The Morgan fingerprint density at radius 1 is 1.03 bits per heavy atom. The lowest BCUT2D eigenvalue weighted by molar-refractivity contribution is -0.121. The quantitative estimate of drug-likeness (QED) is 0.629. The summed E-state index contributed by atoms with van der Waals surface area (Å²) in [5.41, 5.74) is 3.50. The van der Waals surface area contributed by atoms with Crippen molar-refractivity contribution in [1.82, 2.24) is 20.4 Å². The summed E-state index contributed by atoms with van der Waals surface area (Å²) in [5, 5.41) is 5.83. The van der Waals surface area contributed by atoms with Crippen LogP contribution in [0.4, 0.5) is 4.79 Å². The van der Waals surface area contributed by atoms with Crippen LogP contribution in [0.1, 0.15) is 42.9 Å². The highest BCUT2D eigenvalue weighted by Crippen LogP contribution is 2.19. The number of carbonyl (C=O) groups excluding carboxylic acids is 2. The summed E-state index contributed by atoms with van der Waals surface area (Å²) in [6.45, 7) is 6.89. The largest absolute Gasteiger partial charge is 0.352 e. The second-order valence-corrected chi connectivity index (χ2v) is 8.85. The number of amides is 3. The van der Waals surface area contributed by atoms with Gasteiger partial charge in [-0.15, -0.1) is 0 Å². The van der Waals surface area contributed by atoms with Gasteiger partial charge in [0.15, 0.2) is 0 Å². The minimum absolute atomic E-state index is 0.0580. The molecule has 2 N–H and O–H groups in total. The zero-order chi connectivity index (χ0) is 22.8. The number of hydrogen-bond donors (Lipinski definition) is 2. The molecular formula is C26H36N4O2. The normalized spacial score (nSPS) is 16.4. The van der Waals surface area contributed by atoms with Crippen molar-refractivity contribution in [3.63, 3.8) is 0 Å². The van der Waals surface area contributed by atoms with E-state index in [-0.39, 0.29) is 18.4 Å². The molecule has 2 aromatic carbocycles. The summed E-state index contributed by atoms with van der Waals surface area (Å²) in [4.78, 5) is 28.7. The number of nitrogens with zero attached hydrogens (tertiary/aromatic N) is 2. The van der Waals surface area contributed by atoms with E-state index < -0.39 is 0 Å². The summed E-state index contributed by atoms with van der Waals surface area (Å²) in [6, 6.07) is 18.0. The molecule has 1 heterocycles. The Hall–Kier alpha value is -2.86. The summed E-state index contributed by atoms with van der Waals surface area (Å²) >= 11 is 0. The Labute approximate surface area is 192 Å². The lowest BCUT2D eigenvalue weighted by Gasteiger charge is -2.31. The molecule has 0 aromatic heterocycles. The number of likely N-dealkylation sites (tertiary alicyclic amines) is 1. The van der Waals surface area contributed by atoms with Crippen LogP contribution in [0, 0.1) is 5.92 Å². The van der Waals surface area contributed by atoms with E-state index in [0.29, 0.717) is 19.6 Å². The van der Waals surface area contributed by atoms with Gasteiger partial charge in [-0.3, -0.25) is 9.69 Å². The third kappa shape index (κ3) is 7.68. The topological polar surface area (TPSA) is 64.7 Å². The van der Waals surface area contributed by atoms with E-state index in [1.54, 1.807) is 11.9 Å². The predicted molar refractivity (Wildman–Crippen MR) is 128 cm³/mol. The van der Waals surface area contributed by atoms with E-state index in [1.807, 2.05) is 36.4 Å². The number of benzene rings is 2. The van der Waals surface area contributed by atoms with Gasteiger partial charge in [-0.1, -0.05) is 61.5 Å². The van der Waals surface area contributed by atoms with Crippen LogP contribution in [-0.2, 0) is 24.4 Å². The maximum absolute atomic E-state index is 12.3. The van der Waals surface area contributed by atoms with Gasteiger partial charge in [-0.05, 0) is 42.0 Å². The highest BCUT2D eigenvalue weighted by Gasteiger charge is 2.17. The smallest absolute Gasteiger partial charge is 0.317 e. The van der Waals surface area contributed by atoms with Crippen molar-refractivity contribution in [2.45, 2.75) is 45.8 Å². The first-order valence-electron chi connectivity index (χ1n) is 11.6. The number of urea groups is 1. The number of nitrogens with one attached hydrogen (secondary N) is 2. The zero-order valence-electron chi connectivity index (χ0n) is 19.3. The Balaban J connectivity index is 1.39. The monoisotopic (exact) mass is 436 g/mol. The molecule has 0 radical (unpaired) electrons. The van der Waals surface area contributed by atoms with Crippen molar-refractivity contribution < 1.29 is 9.59 Å². The standard InChI is InChI=1S/C26H36N4O2/c1-21-9-8-16-30(18-21)20-24-13-7-6-12-23(24)17-28-25(31)14-15-27-26(32)29(2)19-22-10-4-3-5-11-22/h3-7,10-13,21H,8-9,14-20H2,1-2H3,(H,27,32)(H,28,31). The van der Waals surface area contributed by atoms with Crippen LogP contribution < -0.4 is 10.6 Å². The van der Waals surface area contributed by atoms with Gasteiger partial charge in [0.2, 0.25) is 5.91 Å². The van der Waals surface area contributed by atoms with Crippen molar-refractivity contribution in [1.29, 1.82) is 0 Å². The van der Waals surface area contributed by atoms with Crippen molar-refractivity contribution in [3.8, 4) is 0 Å². The average Bonchev–Trinajstić information content (AvgIpc) is 2.79. The second-order valence-electron chi connectivity index (χ2n) is 8.85. The molecule has 32 heavy (non-hydrogen) atoms. The fourth-order valence-electron chi connectivity index (χ4n) is 4.18. The molecule has 0 spiro atoms. The van der Waals surface area contributed by atoms with Crippen molar-refractivity contribution in [2.75, 3.05) is 26.7 Å². The van der Waals surface area contributed by atoms with Crippen molar-refractivity contribution in [2.24, 2.45) is 5.92 Å². The Bertz CT molecular complexity index is 871. The van der Waals surface area contributed by atoms with Gasteiger partial charge >= 0.3 is 6.03 Å². The van der Waals surface area contributed by atoms with E-state index in [0.717, 1.165) is 36.7 Å². The minimum atomic E-state index is -0.178. The first kappa shape index (κ1) is 23.8. The lowest BCUT2D eigenvalue weighted by Crippen LogP contribution is -2.38. The third-order valence-electron chi connectivity index (χ3n) is 5.97. The summed E-state index contributed by atoms with van der Waals surface area (Å²) in [5.74, 6) is 0.690. The zero-order valence-corrected chi connectivity index (χ0v) is 19.3. The summed E-state index contributed by atoms with van der Waals surface area (Å²) in [7, 11) is 1.75. The number of piperidine rings is 1. The van der Waals surface area contributed by atoms with Gasteiger partial charge in [-0.25, -0.2) is 4.79 Å². The molecule has 6 heteroatoms. The van der Waals surface area contributed by atoms with Gasteiger partial charge in [-0.2, -0.15) is 0 Å². The molecule has 3 amide bonds. The molecule has 3 rings (SSSR count). The molecule has 6 nitrogen and oxygen atoms in total. The molecule has 0 bridgehead atoms. The third-order valence-corrected chi connectivity index (χ3v) is 5.97. The van der Waals surface area contributed by atoms with Crippen LogP contribution in [0.25, 0.3) is 0 Å². The maximum atomic E-state index is 12.3. The number of hydrogen-bond acceptors (Lipinski definition) is 3. The van der Waals surface area contributed by atoms with Gasteiger partial charge in [0.1, 0.15) is 0 Å². The highest BCUT2D eigenvalue weighted by atomic mass is 16.2. The maximum Gasteiger partial charge on any atom is 0.317 e. The van der Waals surface area contributed by atoms with Crippen LogP contribution >= 0.6 is 0 Å². The lowest BCUT2D eigenvalue weighted by atomic mass is 9.99. The molecule has 1 aliphatic rings. The average molecular weight is 437 g/mol. The number of rotatable bonds is 9. The Morgan fingerprint density at radius 3 is 2.50 bits per heavy atom. The molecule has 1 atom stereocenters. The highest BCUT2D eigenvalue weighted by molar-refractivity contribution is 5.78. The molecule has 0 saturated carbocycles. The van der Waals surface area contributed by atoms with Gasteiger partial charge < -0.3 is 15.5 Å². The van der Waals surface area contributed by atoms with Crippen LogP contribution in [0.3, 0.4) is 0 Å². The van der Waals surface area contributed by atoms with E-state index >= 15 is 0 Å². The molecule has 1 aliphatic heterocycles. The van der Waals surface area contributed by atoms with E-state index in [1.165, 1.54) is 18.4 Å². The Kier molecular flexibility index (Phi) is 9.11. The molecule has 1 fully saturated rings. The first-order valence-corrected chi connectivity index (χ1v) is 11.6. The molecule has 172 valence electrons. The van der Waals surface area contributed by atoms with E-state index in [2.05, 4.69) is 40.7 Å². The van der Waals surface area contributed by atoms with Crippen LogP contribution in [0.2, 0.25) is 0 Å². The molecule has 1 unspecified atom stereocenters. The fraction of sp³-hybridized carbons (Fsp3) is 0.462. The number of carbonyl (C=O) groups is 2. The van der Waals surface area contributed by atoms with Crippen LogP contribution in [0.5, 0.6) is 0 Å². The second kappa shape index (κ2) is 12.2. The van der Waals surface area contributed by atoms with Crippen molar-refractivity contribution >= 4 is 11.9 Å². The molecule has 1 saturated heterocycles. The van der Waals surface area contributed by atoms with E-state index in [9.17, 15) is 9.59 Å². The SMILES string of the molecule is CC1CCCN(Cc2ccccc2CNC(=O)CCNC(=O)N(C)Cc2ccccc2)C1. The summed E-state index contributed by atoms with van der Waals surface area (Å²) in [6.07, 6.45) is 2.83. The first-order chi connectivity index (χ1) is 15.5. The van der Waals surface area contributed by atoms with E-state index in [4.69, 9.17) is 0 Å². The van der Waals surface area contributed by atoms with Gasteiger partial charge in [0.25, 0.3) is 0 Å². The van der Waals surface area contributed by atoms with Gasteiger partial charge in [0.05, 0.1) is 0 Å². The minimum Gasteiger partial charge on any atom is -0.352 e. The predicted octanol–water partition coefficient (Wildman–Crippen LogP) is 3.77. The van der Waals surface area contributed by atoms with Gasteiger partial charge in [0, 0.05) is 46.2 Å². The molecular weight excluding hydrogens is 400 g/mol. The molecule has 0 aliphatic carbocycles. The molecule has 2 aromatic rings. The van der Waals surface area contributed by atoms with Crippen LogP contribution in [0.15, 0.2) is 54.6 Å². The van der Waals surface area contributed by atoms with Crippen molar-refractivity contribution in [3.05, 3.63) is 71.3 Å². The summed E-state index contributed by atoms with van der Waals surface area (Å²) < 4.78 is 0.